The Balaban J connectivity index is 2.02. The molecule has 2 aromatic heterocycles. The minimum atomic E-state index is -0.339. The van der Waals surface area contributed by atoms with Gasteiger partial charge in [-0.1, -0.05) is 6.07 Å². The molecule has 106 valence electrons. The third kappa shape index (κ3) is 2.50. The average molecular weight is 282 g/mol. The molecular weight excluding hydrogens is 266 g/mol. The molecule has 0 amide bonds. The summed E-state index contributed by atoms with van der Waals surface area (Å²) in [6.45, 7) is 2.96. The van der Waals surface area contributed by atoms with E-state index in [1.165, 1.54) is 7.11 Å². The van der Waals surface area contributed by atoms with Crippen LogP contribution in [0, 0.1) is 0 Å². The third-order valence-corrected chi connectivity index (χ3v) is 3.41. The minimum absolute atomic E-state index is 0.339. The summed E-state index contributed by atoms with van der Waals surface area (Å²) in [5.41, 5.74) is 3.22. The Morgan fingerprint density at radius 2 is 2.14 bits per heavy atom. The fourth-order valence-electron chi connectivity index (χ4n) is 2.24. The number of aryl methyl sites for hydroxylation is 1. The highest BCUT2D eigenvalue weighted by Crippen LogP contribution is 2.20. The zero-order valence-electron chi connectivity index (χ0n) is 12.0. The molecule has 0 aliphatic rings. The average Bonchev–Trinajstić information content (AvgIpc) is 3.02. The quantitative estimate of drug-likeness (QED) is 0.592. The number of hydrogen-bond donors (Lipinski definition) is 1. The van der Waals surface area contributed by atoms with Gasteiger partial charge in [-0.25, -0.2) is 9.78 Å². The standard InChI is InChI=1S/C16H15N3O2/c1-3-19-9-8-15(18-19)14-7-4-11-10-12(16(20)21-2)5-6-13(11)17-14/h4-10H,3H2,1-2H3/p+1. The topological polar surface area (TPSA) is 58.9 Å². The van der Waals surface area contributed by atoms with Crippen LogP contribution < -0.4 is 4.68 Å². The Bertz CT molecular complexity index is 808. The highest BCUT2D eigenvalue weighted by molar-refractivity contribution is 5.94. The summed E-state index contributed by atoms with van der Waals surface area (Å²) >= 11 is 0. The molecule has 5 nitrogen and oxygen atoms in total. The van der Waals surface area contributed by atoms with Crippen molar-refractivity contribution in [3.05, 3.63) is 48.2 Å². The Hall–Kier alpha value is -2.69. The number of nitrogens with zero attached hydrogens (tertiary/aromatic N) is 2. The third-order valence-electron chi connectivity index (χ3n) is 3.41. The second kappa shape index (κ2) is 5.36. The smallest absolute Gasteiger partial charge is 0.337 e. The molecule has 0 radical (unpaired) electrons. The van der Waals surface area contributed by atoms with Gasteiger partial charge in [0.2, 0.25) is 0 Å². The van der Waals surface area contributed by atoms with Gasteiger partial charge in [0.15, 0.2) is 12.7 Å². The van der Waals surface area contributed by atoms with Crippen LogP contribution in [0.15, 0.2) is 42.6 Å². The molecule has 5 heteroatoms. The predicted octanol–water partition coefficient (Wildman–Crippen LogP) is 2.32. The Morgan fingerprint density at radius 3 is 2.86 bits per heavy atom. The number of ether oxygens (including phenoxy) is 1. The summed E-state index contributed by atoms with van der Waals surface area (Å²) in [6.07, 6.45) is 1.99. The van der Waals surface area contributed by atoms with Gasteiger partial charge in [0, 0.05) is 11.5 Å². The van der Waals surface area contributed by atoms with Crippen LogP contribution in [0.25, 0.3) is 22.3 Å². The molecule has 2 heterocycles. The molecular formula is C16H16N3O2+. The molecule has 0 spiro atoms. The monoisotopic (exact) mass is 282 g/mol. The van der Waals surface area contributed by atoms with Crippen molar-refractivity contribution in [1.82, 2.24) is 10.1 Å². The first-order chi connectivity index (χ1) is 10.2. The summed E-state index contributed by atoms with van der Waals surface area (Å²) < 4.78 is 6.71. The predicted molar refractivity (Wildman–Crippen MR) is 78.7 cm³/mol. The van der Waals surface area contributed by atoms with Crippen molar-refractivity contribution in [1.29, 1.82) is 0 Å². The lowest BCUT2D eigenvalue weighted by molar-refractivity contribution is -0.746. The number of carbonyl (C=O) groups is 1. The number of aromatic amines is 1. The van der Waals surface area contributed by atoms with Crippen molar-refractivity contribution < 1.29 is 14.2 Å². The first kappa shape index (κ1) is 13.3. The van der Waals surface area contributed by atoms with Gasteiger partial charge in [-0.2, -0.15) is 5.10 Å². The zero-order chi connectivity index (χ0) is 14.8. The van der Waals surface area contributed by atoms with Crippen LogP contribution in [0.2, 0.25) is 0 Å². The highest BCUT2D eigenvalue weighted by atomic mass is 16.5. The van der Waals surface area contributed by atoms with Gasteiger partial charge in [0.1, 0.15) is 5.69 Å². The fourth-order valence-corrected chi connectivity index (χ4v) is 2.24. The lowest BCUT2D eigenvalue weighted by Gasteiger charge is -2.03. The number of pyridine rings is 1. The molecule has 0 unspecified atom stereocenters. The number of benzene rings is 1. The van der Waals surface area contributed by atoms with Crippen molar-refractivity contribution in [2.45, 2.75) is 13.5 Å². The fraction of sp³-hybridized carbons (Fsp3) is 0.188. The van der Waals surface area contributed by atoms with Crippen LogP contribution in [-0.2, 0) is 11.3 Å². The Labute approximate surface area is 122 Å². The van der Waals surface area contributed by atoms with Crippen molar-refractivity contribution >= 4 is 16.9 Å². The molecule has 0 saturated heterocycles. The Morgan fingerprint density at radius 1 is 1.29 bits per heavy atom. The SMILES string of the molecule is CC[n+]1ccc(-c2ccc3cc(C(=O)OC)ccc3n2)[nH]1. The molecule has 0 fully saturated rings. The maximum Gasteiger partial charge on any atom is 0.337 e. The van der Waals surface area contributed by atoms with Crippen LogP contribution in [0.5, 0.6) is 0 Å². The lowest BCUT2D eigenvalue weighted by Crippen LogP contribution is -2.33. The van der Waals surface area contributed by atoms with Gasteiger partial charge in [-0.3, -0.25) is 0 Å². The van der Waals surface area contributed by atoms with E-state index in [1.54, 1.807) is 12.1 Å². The largest absolute Gasteiger partial charge is 0.465 e. The number of hydrogen-bond acceptors (Lipinski definition) is 3. The molecule has 21 heavy (non-hydrogen) atoms. The van der Waals surface area contributed by atoms with Crippen molar-refractivity contribution in [3.8, 4) is 11.4 Å². The van der Waals surface area contributed by atoms with Gasteiger partial charge in [0.25, 0.3) is 0 Å². The van der Waals surface area contributed by atoms with E-state index in [1.807, 2.05) is 35.1 Å². The number of rotatable bonds is 3. The van der Waals surface area contributed by atoms with E-state index < -0.39 is 0 Å². The van der Waals surface area contributed by atoms with Gasteiger partial charge in [-0.15, -0.1) is 4.68 Å². The summed E-state index contributed by atoms with van der Waals surface area (Å²) in [4.78, 5) is 16.2. The molecule has 0 aliphatic heterocycles. The summed E-state index contributed by atoms with van der Waals surface area (Å²) in [6, 6.07) is 11.3. The number of aromatic nitrogens is 3. The van der Waals surface area contributed by atoms with Crippen molar-refractivity contribution in [3.63, 3.8) is 0 Å². The van der Waals surface area contributed by atoms with Crippen LogP contribution in [-0.4, -0.2) is 23.2 Å². The number of nitrogens with one attached hydrogen (secondary N) is 1. The van der Waals surface area contributed by atoms with Gasteiger partial charge < -0.3 is 4.74 Å². The van der Waals surface area contributed by atoms with Gasteiger partial charge in [0.05, 0.1) is 23.9 Å². The van der Waals surface area contributed by atoms with Crippen molar-refractivity contribution in [2.24, 2.45) is 0 Å². The number of H-pyrrole nitrogens is 1. The van der Waals surface area contributed by atoms with E-state index in [0.29, 0.717) is 5.56 Å². The van der Waals surface area contributed by atoms with E-state index >= 15 is 0 Å². The van der Waals surface area contributed by atoms with Gasteiger partial charge >= 0.3 is 5.97 Å². The number of methoxy groups -OCH3 is 1. The Kier molecular flexibility index (Phi) is 3.39. The molecule has 0 saturated carbocycles. The molecule has 1 N–H and O–H groups in total. The second-order valence-electron chi connectivity index (χ2n) is 4.72. The van der Waals surface area contributed by atoms with Crippen LogP contribution in [0.1, 0.15) is 17.3 Å². The molecule has 3 rings (SSSR count). The molecule has 0 aliphatic carbocycles. The molecule has 1 aromatic carbocycles. The number of carbonyl (C=O) groups excluding carboxylic acids is 1. The lowest BCUT2D eigenvalue weighted by atomic mass is 10.1. The van der Waals surface area contributed by atoms with Crippen LogP contribution >= 0.6 is 0 Å². The number of fused-ring (bicyclic) bond motifs is 1. The van der Waals surface area contributed by atoms with Crippen LogP contribution in [0.4, 0.5) is 0 Å². The maximum absolute atomic E-state index is 11.5. The second-order valence-corrected chi connectivity index (χ2v) is 4.72. The maximum atomic E-state index is 11.5. The zero-order valence-corrected chi connectivity index (χ0v) is 12.0. The summed E-state index contributed by atoms with van der Waals surface area (Å²) in [5.74, 6) is -0.339. The molecule has 3 aromatic rings. The van der Waals surface area contributed by atoms with Gasteiger partial charge in [-0.05, 0) is 31.2 Å². The molecule has 0 bridgehead atoms. The number of esters is 1. The van der Waals surface area contributed by atoms with E-state index in [0.717, 1.165) is 28.8 Å². The summed E-state index contributed by atoms with van der Waals surface area (Å²) in [7, 11) is 1.38. The normalized spacial score (nSPS) is 10.8. The van der Waals surface area contributed by atoms with E-state index in [2.05, 4.69) is 17.0 Å². The van der Waals surface area contributed by atoms with E-state index in [4.69, 9.17) is 4.74 Å². The first-order valence-electron chi connectivity index (χ1n) is 6.79. The van der Waals surface area contributed by atoms with Crippen molar-refractivity contribution in [2.75, 3.05) is 7.11 Å². The van der Waals surface area contributed by atoms with E-state index in [9.17, 15) is 4.79 Å². The molecule has 0 atom stereocenters. The van der Waals surface area contributed by atoms with E-state index in [-0.39, 0.29) is 5.97 Å². The minimum Gasteiger partial charge on any atom is -0.465 e. The summed E-state index contributed by atoms with van der Waals surface area (Å²) in [5, 5.41) is 4.18. The van der Waals surface area contributed by atoms with Crippen LogP contribution in [0.3, 0.4) is 0 Å². The highest BCUT2D eigenvalue weighted by Gasteiger charge is 2.10. The first-order valence-corrected chi connectivity index (χ1v) is 6.79.